The Morgan fingerprint density at radius 2 is 1.81 bits per heavy atom. The highest BCUT2D eigenvalue weighted by Crippen LogP contribution is 2.27. The molecule has 0 saturated carbocycles. The van der Waals surface area contributed by atoms with Crippen molar-refractivity contribution >= 4 is 17.2 Å². The number of halogens is 1. The van der Waals surface area contributed by atoms with Crippen molar-refractivity contribution < 1.29 is 18.7 Å². The molecule has 3 aromatic rings. The fraction of sp³-hybridized carbons (Fsp3) is 0.150. The number of rotatable bonds is 7. The third-order valence-electron chi connectivity index (χ3n) is 3.76. The van der Waals surface area contributed by atoms with Crippen LogP contribution < -0.4 is 14.8 Å². The maximum atomic E-state index is 13.2. The summed E-state index contributed by atoms with van der Waals surface area (Å²) in [7, 11) is 1.55. The molecule has 6 heteroatoms. The van der Waals surface area contributed by atoms with Gasteiger partial charge in [-0.1, -0.05) is 30.3 Å². The van der Waals surface area contributed by atoms with Gasteiger partial charge in [-0.05, 0) is 41.3 Å². The van der Waals surface area contributed by atoms with E-state index < -0.39 is 0 Å². The lowest BCUT2D eigenvalue weighted by Crippen LogP contribution is -2.33. The first-order valence-corrected chi connectivity index (χ1v) is 8.89. The Hall–Kier alpha value is -2.86. The molecule has 0 spiro atoms. The van der Waals surface area contributed by atoms with Crippen LogP contribution in [0.5, 0.6) is 11.5 Å². The van der Waals surface area contributed by atoms with Crippen molar-refractivity contribution in [1.82, 2.24) is 5.32 Å². The Morgan fingerprint density at radius 1 is 1.08 bits per heavy atom. The van der Waals surface area contributed by atoms with E-state index >= 15 is 0 Å². The van der Waals surface area contributed by atoms with Gasteiger partial charge in [0.25, 0.3) is 5.91 Å². The molecule has 0 unspecified atom stereocenters. The maximum absolute atomic E-state index is 13.2. The summed E-state index contributed by atoms with van der Waals surface area (Å²) in [6.07, 6.45) is 0. The average Bonchev–Trinajstić information content (AvgIpc) is 3.20. The van der Waals surface area contributed by atoms with Gasteiger partial charge in [-0.2, -0.15) is 0 Å². The van der Waals surface area contributed by atoms with Crippen LogP contribution in [-0.4, -0.2) is 19.6 Å². The molecule has 1 aromatic heterocycles. The lowest BCUT2D eigenvalue weighted by molar-refractivity contribution is -0.123. The number of para-hydroxylation sites is 2. The Balaban J connectivity index is 1.70. The minimum Gasteiger partial charge on any atom is -0.493 e. The van der Waals surface area contributed by atoms with Crippen LogP contribution in [0.25, 0.3) is 0 Å². The predicted octanol–water partition coefficient (Wildman–Crippen LogP) is 4.18. The molecule has 0 aliphatic heterocycles. The molecule has 0 aliphatic carbocycles. The summed E-state index contributed by atoms with van der Waals surface area (Å²) in [5.74, 6) is 0.469. The fourth-order valence-corrected chi connectivity index (χ4v) is 3.32. The number of carbonyl (C=O) groups excluding carboxylic acids is 1. The van der Waals surface area contributed by atoms with E-state index in [-0.39, 0.29) is 24.4 Å². The number of nitrogens with one attached hydrogen (secondary N) is 1. The van der Waals surface area contributed by atoms with E-state index in [4.69, 9.17) is 9.47 Å². The molecule has 1 heterocycles. The molecule has 4 nitrogen and oxygen atoms in total. The van der Waals surface area contributed by atoms with E-state index in [0.717, 1.165) is 10.4 Å². The van der Waals surface area contributed by atoms with Gasteiger partial charge in [0.2, 0.25) is 0 Å². The van der Waals surface area contributed by atoms with E-state index in [0.29, 0.717) is 11.5 Å². The quantitative estimate of drug-likeness (QED) is 0.678. The van der Waals surface area contributed by atoms with E-state index in [1.54, 1.807) is 31.4 Å². The molecular formula is C20H18FNO3S. The summed E-state index contributed by atoms with van der Waals surface area (Å²) >= 11 is 1.52. The smallest absolute Gasteiger partial charge is 0.258 e. The van der Waals surface area contributed by atoms with E-state index in [2.05, 4.69) is 5.32 Å². The first-order valence-electron chi connectivity index (χ1n) is 8.01. The van der Waals surface area contributed by atoms with Crippen LogP contribution in [0.4, 0.5) is 4.39 Å². The van der Waals surface area contributed by atoms with Crippen molar-refractivity contribution in [3.8, 4) is 11.5 Å². The van der Waals surface area contributed by atoms with Gasteiger partial charge >= 0.3 is 0 Å². The Kier molecular flexibility index (Phi) is 5.86. The molecule has 3 rings (SSSR count). The van der Waals surface area contributed by atoms with Gasteiger partial charge in [-0.25, -0.2) is 4.39 Å². The number of methoxy groups -OCH3 is 1. The van der Waals surface area contributed by atoms with Gasteiger partial charge in [0, 0.05) is 4.88 Å². The van der Waals surface area contributed by atoms with Gasteiger partial charge < -0.3 is 14.8 Å². The first-order chi connectivity index (χ1) is 12.7. The molecule has 0 aliphatic rings. The molecule has 1 atom stereocenters. The van der Waals surface area contributed by atoms with Gasteiger partial charge in [-0.3, -0.25) is 4.79 Å². The van der Waals surface area contributed by atoms with Crippen LogP contribution in [-0.2, 0) is 4.79 Å². The predicted molar refractivity (Wildman–Crippen MR) is 99.2 cm³/mol. The minimum atomic E-state index is -0.357. The third-order valence-corrected chi connectivity index (χ3v) is 4.70. The zero-order valence-electron chi connectivity index (χ0n) is 14.1. The molecule has 134 valence electrons. The van der Waals surface area contributed by atoms with Gasteiger partial charge in [0.1, 0.15) is 5.82 Å². The lowest BCUT2D eigenvalue weighted by atomic mass is 10.1. The zero-order valence-corrected chi connectivity index (χ0v) is 15.0. The van der Waals surface area contributed by atoms with Crippen LogP contribution >= 0.6 is 11.3 Å². The van der Waals surface area contributed by atoms with E-state index in [9.17, 15) is 9.18 Å². The maximum Gasteiger partial charge on any atom is 0.258 e. The highest BCUT2D eigenvalue weighted by Gasteiger charge is 2.18. The van der Waals surface area contributed by atoms with E-state index in [1.807, 2.05) is 29.6 Å². The number of amides is 1. The number of hydrogen-bond donors (Lipinski definition) is 1. The first kappa shape index (κ1) is 17.9. The SMILES string of the molecule is COc1ccccc1OCC(=O)N[C@@H](c1ccc(F)cc1)c1cccs1. The van der Waals surface area contributed by atoms with Gasteiger partial charge in [0.05, 0.1) is 13.2 Å². The molecule has 0 radical (unpaired) electrons. The molecule has 0 bridgehead atoms. The summed E-state index contributed by atoms with van der Waals surface area (Å²) in [6, 6.07) is 16.7. The highest BCUT2D eigenvalue weighted by atomic mass is 32.1. The normalized spacial score (nSPS) is 11.6. The average molecular weight is 371 g/mol. The lowest BCUT2D eigenvalue weighted by Gasteiger charge is -2.18. The molecule has 0 fully saturated rings. The fourth-order valence-electron chi connectivity index (χ4n) is 2.51. The largest absolute Gasteiger partial charge is 0.493 e. The van der Waals surface area contributed by atoms with Crippen molar-refractivity contribution in [2.24, 2.45) is 0 Å². The Labute approximate surface area is 155 Å². The minimum absolute atomic E-state index is 0.149. The Bertz CT molecular complexity index is 850. The number of ether oxygens (including phenoxy) is 2. The summed E-state index contributed by atoms with van der Waals surface area (Å²) in [4.78, 5) is 13.4. The second kappa shape index (κ2) is 8.49. The van der Waals surface area contributed by atoms with Crippen molar-refractivity contribution in [3.05, 3.63) is 82.3 Å². The van der Waals surface area contributed by atoms with Crippen LogP contribution in [0.3, 0.4) is 0 Å². The summed E-state index contributed by atoms with van der Waals surface area (Å²) < 4.78 is 24.0. The number of carbonyl (C=O) groups is 1. The zero-order chi connectivity index (χ0) is 18.4. The van der Waals surface area contributed by atoms with E-state index in [1.165, 1.54) is 23.5 Å². The van der Waals surface area contributed by atoms with Crippen molar-refractivity contribution in [2.45, 2.75) is 6.04 Å². The molecule has 26 heavy (non-hydrogen) atoms. The van der Waals surface area contributed by atoms with Crippen LogP contribution in [0, 0.1) is 5.82 Å². The van der Waals surface area contributed by atoms with Gasteiger partial charge in [-0.15, -0.1) is 11.3 Å². The second-order valence-corrected chi connectivity index (χ2v) is 6.49. The van der Waals surface area contributed by atoms with Crippen LogP contribution in [0.1, 0.15) is 16.5 Å². The summed E-state index contributed by atoms with van der Waals surface area (Å²) in [5.41, 5.74) is 0.805. The van der Waals surface area contributed by atoms with Gasteiger partial charge in [0.15, 0.2) is 18.1 Å². The summed E-state index contributed by atoms with van der Waals surface area (Å²) in [6.45, 7) is -0.149. The molecule has 0 saturated heterocycles. The topological polar surface area (TPSA) is 47.6 Å². The van der Waals surface area contributed by atoms with Crippen LogP contribution in [0.2, 0.25) is 0 Å². The van der Waals surface area contributed by atoms with Crippen LogP contribution in [0.15, 0.2) is 66.0 Å². The molecule has 1 N–H and O–H groups in total. The standard InChI is InChI=1S/C20H18FNO3S/c1-24-16-5-2-3-6-17(16)25-13-19(23)22-20(18-7-4-12-26-18)14-8-10-15(21)11-9-14/h2-12,20H,13H2,1H3,(H,22,23)/t20-/m0/s1. The third kappa shape index (κ3) is 4.40. The molecule has 1 amide bonds. The number of hydrogen-bond acceptors (Lipinski definition) is 4. The monoisotopic (exact) mass is 371 g/mol. The second-order valence-electron chi connectivity index (χ2n) is 5.51. The van der Waals surface area contributed by atoms with Crippen molar-refractivity contribution in [3.63, 3.8) is 0 Å². The number of benzene rings is 2. The molecular weight excluding hydrogens is 353 g/mol. The molecule has 2 aromatic carbocycles. The highest BCUT2D eigenvalue weighted by molar-refractivity contribution is 7.10. The summed E-state index contributed by atoms with van der Waals surface area (Å²) in [5, 5.41) is 4.88. The number of thiophene rings is 1. The van der Waals surface area contributed by atoms with Crippen molar-refractivity contribution in [2.75, 3.05) is 13.7 Å². The van der Waals surface area contributed by atoms with Crippen molar-refractivity contribution in [1.29, 1.82) is 0 Å². The Morgan fingerprint density at radius 3 is 2.46 bits per heavy atom.